The van der Waals surface area contributed by atoms with Gasteiger partial charge in [-0.15, -0.1) is 0 Å². The van der Waals surface area contributed by atoms with Crippen LogP contribution >= 0.6 is 0 Å². The average molecular weight is 523 g/mol. The Balaban J connectivity index is 1.44. The fourth-order valence-corrected chi connectivity index (χ4v) is 4.54. The molecule has 2 aliphatic rings. The topological polar surface area (TPSA) is 91.7 Å². The number of methoxy groups -OCH3 is 1. The minimum absolute atomic E-state index is 0.00195. The number of carboxylic acid groups (broad SMARTS) is 1. The first kappa shape index (κ1) is 26.2. The van der Waals surface area contributed by atoms with Crippen molar-refractivity contribution in [3.8, 4) is 11.5 Å². The molecule has 2 aromatic carbocycles. The van der Waals surface area contributed by atoms with Crippen molar-refractivity contribution in [2.75, 3.05) is 23.6 Å². The summed E-state index contributed by atoms with van der Waals surface area (Å²) in [5.41, 5.74) is -0.623. The van der Waals surface area contributed by atoms with Crippen molar-refractivity contribution in [2.45, 2.75) is 44.5 Å². The molecule has 0 saturated carbocycles. The quantitative estimate of drug-likeness (QED) is 0.533. The van der Waals surface area contributed by atoms with Gasteiger partial charge in [-0.2, -0.15) is 18.3 Å². The van der Waals surface area contributed by atoms with Crippen molar-refractivity contribution in [2.24, 2.45) is 11.0 Å². The van der Waals surface area contributed by atoms with E-state index in [1.54, 1.807) is 0 Å². The molecule has 1 amide bonds. The van der Waals surface area contributed by atoms with E-state index in [1.807, 2.05) is 0 Å². The normalized spacial score (nSPS) is 22.2. The minimum atomic E-state index is -4.68. The number of carbonyl (C=O) groups is 2. The molecule has 2 heterocycles. The number of piperidine rings is 1. The Morgan fingerprint density at radius 1 is 1.16 bits per heavy atom. The Morgan fingerprint density at radius 2 is 1.84 bits per heavy atom. The van der Waals surface area contributed by atoms with Gasteiger partial charge >= 0.3 is 12.1 Å². The third-order valence-corrected chi connectivity index (χ3v) is 6.44. The fourth-order valence-electron chi connectivity index (χ4n) is 4.54. The second kappa shape index (κ2) is 10.3. The van der Waals surface area contributed by atoms with Gasteiger partial charge in [-0.25, -0.2) is 4.39 Å². The van der Waals surface area contributed by atoms with Gasteiger partial charge < -0.3 is 19.5 Å². The van der Waals surface area contributed by atoms with Crippen LogP contribution in [0, 0.1) is 11.7 Å². The zero-order chi connectivity index (χ0) is 26.9. The first-order valence-electron chi connectivity index (χ1n) is 11.5. The van der Waals surface area contributed by atoms with Crippen molar-refractivity contribution in [1.29, 1.82) is 0 Å². The molecule has 37 heavy (non-hydrogen) atoms. The third kappa shape index (κ3) is 5.62. The number of benzene rings is 2. The van der Waals surface area contributed by atoms with E-state index in [2.05, 4.69) is 5.10 Å². The van der Waals surface area contributed by atoms with E-state index < -0.39 is 48.2 Å². The van der Waals surface area contributed by atoms with Crippen LogP contribution in [0.25, 0.3) is 0 Å². The van der Waals surface area contributed by atoms with Gasteiger partial charge in [-0.3, -0.25) is 14.6 Å². The van der Waals surface area contributed by atoms with E-state index in [1.165, 1.54) is 61.4 Å². The Labute approximate surface area is 210 Å². The monoisotopic (exact) mass is 523 g/mol. The number of aliphatic carboxylic acids is 1. The molecule has 1 fully saturated rings. The number of carbonyl (C=O) groups excluding carboxylic acids is 1. The molecule has 2 aliphatic heterocycles. The van der Waals surface area contributed by atoms with Crippen LogP contribution in [0.3, 0.4) is 0 Å². The van der Waals surface area contributed by atoms with Gasteiger partial charge in [-0.1, -0.05) is 6.92 Å². The number of anilines is 2. The molecule has 1 unspecified atom stereocenters. The van der Waals surface area contributed by atoms with E-state index in [9.17, 15) is 32.3 Å². The summed E-state index contributed by atoms with van der Waals surface area (Å²) in [6.07, 6.45) is -5.25. The molecule has 2 aromatic rings. The summed E-state index contributed by atoms with van der Waals surface area (Å²) in [5, 5.41) is 14.0. The summed E-state index contributed by atoms with van der Waals surface area (Å²) in [4.78, 5) is 25.3. The van der Waals surface area contributed by atoms with Crippen LogP contribution in [0.1, 0.15) is 26.2 Å². The van der Waals surface area contributed by atoms with E-state index in [4.69, 9.17) is 9.47 Å². The van der Waals surface area contributed by atoms with Gasteiger partial charge in [-0.05, 0) is 36.4 Å². The summed E-state index contributed by atoms with van der Waals surface area (Å²) >= 11 is 0. The van der Waals surface area contributed by atoms with Crippen LogP contribution in [-0.4, -0.2) is 54.7 Å². The lowest BCUT2D eigenvalue weighted by atomic mass is 9.94. The van der Waals surface area contributed by atoms with Gasteiger partial charge in [0.25, 0.3) is 0 Å². The lowest BCUT2D eigenvalue weighted by molar-refractivity contribution is -0.137. The van der Waals surface area contributed by atoms with Crippen LogP contribution in [0.5, 0.6) is 11.5 Å². The zero-order valence-electron chi connectivity index (χ0n) is 20.0. The van der Waals surface area contributed by atoms with E-state index in [0.29, 0.717) is 17.9 Å². The van der Waals surface area contributed by atoms with E-state index in [-0.39, 0.29) is 30.2 Å². The predicted molar refractivity (Wildman–Crippen MR) is 127 cm³/mol. The Kier molecular flexibility index (Phi) is 7.28. The molecule has 0 aliphatic carbocycles. The molecule has 1 saturated heterocycles. The summed E-state index contributed by atoms with van der Waals surface area (Å²) < 4.78 is 65.4. The van der Waals surface area contributed by atoms with Crippen LogP contribution < -0.4 is 19.4 Å². The van der Waals surface area contributed by atoms with Gasteiger partial charge in [0.15, 0.2) is 0 Å². The summed E-state index contributed by atoms with van der Waals surface area (Å²) in [7, 11) is 1.45. The number of halogens is 4. The summed E-state index contributed by atoms with van der Waals surface area (Å²) in [5.74, 6) is -2.42. The Hall–Kier alpha value is -3.83. The third-order valence-electron chi connectivity index (χ3n) is 6.44. The number of rotatable bonds is 7. The number of alkyl halides is 3. The minimum Gasteiger partial charge on any atom is -0.497 e. The molecule has 0 radical (unpaired) electrons. The zero-order valence-corrected chi connectivity index (χ0v) is 20.0. The van der Waals surface area contributed by atoms with Crippen LogP contribution in [-0.2, 0) is 9.59 Å². The molecule has 0 bridgehead atoms. The van der Waals surface area contributed by atoms with Crippen molar-refractivity contribution >= 4 is 29.0 Å². The molecule has 0 aromatic heterocycles. The van der Waals surface area contributed by atoms with Gasteiger partial charge in [0, 0.05) is 24.9 Å². The lowest BCUT2D eigenvalue weighted by Crippen LogP contribution is -2.43. The van der Waals surface area contributed by atoms with E-state index in [0.717, 1.165) is 5.01 Å². The number of ether oxygens (including phenoxy) is 2. The first-order valence-corrected chi connectivity index (χ1v) is 11.5. The highest BCUT2D eigenvalue weighted by atomic mass is 19.4. The fraction of sp³-hybridized carbons (Fsp3) is 0.400. The van der Waals surface area contributed by atoms with E-state index >= 15 is 0 Å². The molecule has 4 rings (SSSR count). The standard InChI is InChI=1S/C25H25F4N3O5/c1-14-20(13-23(34)35)32(30-24(14)25(27,28)29)15-3-5-16(6-4-15)37-18-9-10-31(22(33)12-18)21-11-17(36-2)7-8-19(21)26/h3-8,11,14,18,20H,9-10,12-13H2,1-2H3,(H,34,35)/t14-,18?,20-/m0/s1. The number of hydrogen-bond acceptors (Lipinski definition) is 6. The average Bonchev–Trinajstić information content (AvgIpc) is 3.16. The number of carboxylic acids is 1. The highest BCUT2D eigenvalue weighted by molar-refractivity contribution is 5.96. The highest BCUT2D eigenvalue weighted by Gasteiger charge is 2.48. The molecule has 3 atom stereocenters. The SMILES string of the molecule is COc1ccc(F)c(N2CCC(Oc3ccc(N4N=C(C(F)(F)F)[C@@H](C)[C@@H]4CC(=O)O)cc3)CC2=O)c1. The molecular formula is C25H25F4N3O5. The van der Waals surface area contributed by atoms with Crippen LogP contribution in [0.4, 0.5) is 28.9 Å². The highest BCUT2D eigenvalue weighted by Crippen LogP contribution is 2.37. The van der Waals surface area contributed by atoms with Crippen molar-refractivity contribution in [3.05, 3.63) is 48.3 Å². The largest absolute Gasteiger partial charge is 0.497 e. The number of hydrazone groups is 1. The smallest absolute Gasteiger partial charge is 0.431 e. The second-order valence-corrected chi connectivity index (χ2v) is 8.87. The van der Waals surface area contributed by atoms with Crippen molar-refractivity contribution in [3.63, 3.8) is 0 Å². The van der Waals surface area contributed by atoms with Gasteiger partial charge in [0.05, 0.1) is 37.4 Å². The molecule has 1 N–H and O–H groups in total. The summed E-state index contributed by atoms with van der Waals surface area (Å²) in [6, 6.07) is 9.18. The molecule has 0 spiro atoms. The predicted octanol–water partition coefficient (Wildman–Crippen LogP) is 4.63. The molecule has 12 heteroatoms. The maximum Gasteiger partial charge on any atom is 0.431 e. The van der Waals surface area contributed by atoms with Crippen molar-refractivity contribution < 1.29 is 41.7 Å². The second-order valence-electron chi connectivity index (χ2n) is 8.87. The number of hydrogen-bond donors (Lipinski definition) is 1. The lowest BCUT2D eigenvalue weighted by Gasteiger charge is -2.32. The van der Waals surface area contributed by atoms with Gasteiger partial charge in [0.2, 0.25) is 5.91 Å². The summed E-state index contributed by atoms with van der Waals surface area (Å²) in [6.45, 7) is 1.53. The molecule has 8 nitrogen and oxygen atoms in total. The Morgan fingerprint density at radius 3 is 2.43 bits per heavy atom. The first-order chi connectivity index (χ1) is 17.5. The van der Waals surface area contributed by atoms with Gasteiger partial charge in [0.1, 0.15) is 29.1 Å². The number of amides is 1. The maximum atomic E-state index is 14.3. The Bertz CT molecular complexity index is 1200. The van der Waals surface area contributed by atoms with Crippen molar-refractivity contribution in [1.82, 2.24) is 0 Å². The maximum absolute atomic E-state index is 14.3. The number of nitrogens with zero attached hydrogens (tertiary/aromatic N) is 3. The van der Waals surface area contributed by atoms with Crippen LogP contribution in [0.2, 0.25) is 0 Å². The van der Waals surface area contributed by atoms with Crippen LogP contribution in [0.15, 0.2) is 47.6 Å². The molecule has 198 valence electrons. The molecular weight excluding hydrogens is 498 g/mol.